The average molecular weight is 474 g/mol. The molecule has 0 aromatic carbocycles. The Morgan fingerprint density at radius 1 is 1.00 bits per heavy atom. The molecule has 1 aliphatic heterocycles. The van der Waals surface area contributed by atoms with Crippen molar-refractivity contribution in [1.29, 1.82) is 0 Å². The largest absolute Gasteiger partial charge is 0.460 e. The van der Waals surface area contributed by atoms with Crippen LogP contribution in [-0.2, 0) is 14.3 Å². The minimum atomic E-state index is -7.43. The van der Waals surface area contributed by atoms with Crippen molar-refractivity contribution in [3.05, 3.63) is 0 Å². The first-order valence-corrected chi connectivity index (χ1v) is 7.76. The number of carbonyl (C=O) groups is 1. The molecule has 178 valence electrons. The molecule has 0 spiro atoms. The van der Waals surface area contributed by atoms with Crippen molar-refractivity contribution in [2.75, 3.05) is 6.61 Å². The van der Waals surface area contributed by atoms with Gasteiger partial charge in [-0.25, -0.2) is 0 Å². The van der Waals surface area contributed by atoms with Crippen LogP contribution in [0.1, 0.15) is 27.2 Å². The maximum absolute atomic E-state index is 14.5. The van der Waals surface area contributed by atoms with Crippen molar-refractivity contribution in [3.63, 3.8) is 0 Å². The van der Waals surface area contributed by atoms with E-state index in [0.717, 1.165) is 20.8 Å². The molecule has 1 heterocycles. The average Bonchev–Trinajstić information content (AvgIpc) is 2.75. The molecule has 1 N–H and O–H groups in total. The lowest BCUT2D eigenvalue weighted by molar-refractivity contribution is -0.436. The number of ether oxygens (including phenoxy) is 2. The molecular weight excluding hydrogens is 460 g/mol. The number of hydrogen-bond donors (Lipinski definition) is 1. The van der Waals surface area contributed by atoms with Gasteiger partial charge in [0.25, 0.3) is 5.60 Å². The first-order valence-electron chi connectivity index (χ1n) is 7.76. The molecule has 0 saturated carbocycles. The summed E-state index contributed by atoms with van der Waals surface area (Å²) in [6.07, 6.45) is -14.4. The topological polar surface area (TPSA) is 55.8 Å². The van der Waals surface area contributed by atoms with Crippen LogP contribution in [0.5, 0.6) is 0 Å². The van der Waals surface area contributed by atoms with E-state index in [0.29, 0.717) is 0 Å². The third-order valence-electron chi connectivity index (χ3n) is 4.76. The summed E-state index contributed by atoms with van der Waals surface area (Å²) in [6, 6.07) is 0. The highest BCUT2D eigenvalue weighted by molar-refractivity contribution is 5.76. The number of esters is 1. The zero-order valence-electron chi connectivity index (χ0n) is 15.1. The van der Waals surface area contributed by atoms with Crippen LogP contribution in [0.2, 0.25) is 0 Å². The van der Waals surface area contributed by atoms with Gasteiger partial charge in [-0.05, 0) is 20.3 Å². The van der Waals surface area contributed by atoms with E-state index < -0.39 is 65.9 Å². The first kappa shape index (κ1) is 26.6. The van der Waals surface area contributed by atoms with Crippen LogP contribution < -0.4 is 0 Å². The Balaban J connectivity index is 3.88. The number of rotatable bonds is 5. The fraction of sp³-hybridized carbons (Fsp3) is 0.929. The number of hydrogen-bond acceptors (Lipinski definition) is 4. The van der Waals surface area contributed by atoms with Crippen LogP contribution in [0.25, 0.3) is 0 Å². The van der Waals surface area contributed by atoms with Crippen LogP contribution in [0.3, 0.4) is 0 Å². The maximum atomic E-state index is 14.5. The summed E-state index contributed by atoms with van der Waals surface area (Å²) in [5, 5.41) is 9.15. The van der Waals surface area contributed by atoms with Crippen molar-refractivity contribution in [3.8, 4) is 0 Å². The second-order valence-corrected chi connectivity index (χ2v) is 7.11. The first-order chi connectivity index (χ1) is 12.9. The lowest BCUT2D eigenvalue weighted by atomic mass is 9.81. The Kier molecular flexibility index (Phi) is 6.00. The predicted octanol–water partition coefficient (Wildman–Crippen LogP) is 4.45. The van der Waals surface area contributed by atoms with E-state index in [4.69, 9.17) is 5.11 Å². The molecular formula is C14H14F12O4. The normalized spacial score (nSPS) is 28.5. The van der Waals surface area contributed by atoms with Gasteiger partial charge in [0.2, 0.25) is 0 Å². The van der Waals surface area contributed by atoms with Gasteiger partial charge in [0, 0.05) is 0 Å². The second-order valence-electron chi connectivity index (χ2n) is 7.11. The zero-order valence-corrected chi connectivity index (χ0v) is 15.1. The summed E-state index contributed by atoms with van der Waals surface area (Å²) in [5.74, 6) is -29.6. The SMILES string of the molecule is CCC(C)(C)C(=O)OC1(C(F)(F)C(F)(F)C(F)(F)F)COC(O)(C(F)(F)F)C1(F)F. The van der Waals surface area contributed by atoms with E-state index in [1.165, 1.54) is 0 Å². The summed E-state index contributed by atoms with van der Waals surface area (Å²) in [5.41, 5.74) is -7.97. The molecule has 2 unspecified atom stereocenters. The van der Waals surface area contributed by atoms with Gasteiger partial charge in [0.1, 0.15) is 6.61 Å². The summed E-state index contributed by atoms with van der Waals surface area (Å²) in [7, 11) is 0. The molecule has 1 aliphatic rings. The Morgan fingerprint density at radius 2 is 1.43 bits per heavy atom. The number of carbonyl (C=O) groups excluding carboxylic acids is 1. The van der Waals surface area contributed by atoms with Gasteiger partial charge in [0.05, 0.1) is 5.41 Å². The highest BCUT2D eigenvalue weighted by Gasteiger charge is 2.95. The molecule has 16 heteroatoms. The zero-order chi connectivity index (χ0) is 24.4. The molecule has 0 aliphatic carbocycles. The molecule has 1 fully saturated rings. The summed E-state index contributed by atoms with van der Waals surface area (Å²) >= 11 is 0. The van der Waals surface area contributed by atoms with Gasteiger partial charge >= 0.3 is 41.9 Å². The van der Waals surface area contributed by atoms with Gasteiger partial charge in [-0.3, -0.25) is 4.79 Å². The minimum absolute atomic E-state index is 0.445. The van der Waals surface area contributed by atoms with E-state index in [1.807, 2.05) is 0 Å². The van der Waals surface area contributed by atoms with Crippen molar-refractivity contribution in [2.45, 2.75) is 68.7 Å². The fourth-order valence-electron chi connectivity index (χ4n) is 2.24. The third-order valence-corrected chi connectivity index (χ3v) is 4.76. The van der Waals surface area contributed by atoms with Gasteiger partial charge in [-0.15, -0.1) is 0 Å². The van der Waals surface area contributed by atoms with Crippen molar-refractivity contribution < 1.29 is 72.1 Å². The van der Waals surface area contributed by atoms with E-state index in [1.54, 1.807) is 0 Å². The number of halogens is 12. The second kappa shape index (κ2) is 6.77. The smallest absolute Gasteiger partial charge is 0.443 e. The Bertz CT molecular complexity index is 683. The van der Waals surface area contributed by atoms with Crippen LogP contribution in [0, 0.1) is 5.41 Å². The molecule has 30 heavy (non-hydrogen) atoms. The van der Waals surface area contributed by atoms with Crippen LogP contribution >= 0.6 is 0 Å². The van der Waals surface area contributed by atoms with Crippen LogP contribution in [-0.4, -0.2) is 59.2 Å². The van der Waals surface area contributed by atoms with Crippen LogP contribution in [0.4, 0.5) is 52.7 Å². The van der Waals surface area contributed by atoms with Crippen molar-refractivity contribution in [2.24, 2.45) is 5.41 Å². The molecule has 0 bridgehead atoms. The molecule has 0 aromatic rings. The Hall–Kier alpha value is -1.45. The van der Waals surface area contributed by atoms with Crippen molar-refractivity contribution >= 4 is 5.97 Å². The fourth-order valence-corrected chi connectivity index (χ4v) is 2.24. The van der Waals surface area contributed by atoms with E-state index in [2.05, 4.69) is 9.47 Å². The van der Waals surface area contributed by atoms with E-state index in [9.17, 15) is 57.5 Å². The Morgan fingerprint density at radius 3 is 1.73 bits per heavy atom. The summed E-state index contributed by atoms with van der Waals surface area (Å²) < 4.78 is 168. The van der Waals surface area contributed by atoms with E-state index >= 15 is 0 Å². The molecule has 4 nitrogen and oxygen atoms in total. The Labute approximate surface area is 160 Å². The predicted molar refractivity (Wildman–Crippen MR) is 70.7 cm³/mol. The van der Waals surface area contributed by atoms with Crippen molar-refractivity contribution in [1.82, 2.24) is 0 Å². The maximum Gasteiger partial charge on any atom is 0.460 e. The third kappa shape index (κ3) is 3.20. The molecule has 0 aromatic heterocycles. The van der Waals surface area contributed by atoms with Gasteiger partial charge in [-0.2, -0.15) is 52.7 Å². The van der Waals surface area contributed by atoms with Gasteiger partial charge in [-0.1, -0.05) is 6.92 Å². The minimum Gasteiger partial charge on any atom is -0.443 e. The molecule has 2 atom stereocenters. The standard InChI is InChI=1S/C14H14F12O4/c1-4-7(2,3)6(27)30-8(9(15,16)11(19,20)13(21,22)23)5-29-12(28,10(8,17)18)14(24,25)26/h28H,4-5H2,1-3H3. The number of aliphatic hydroxyl groups is 1. The molecule has 1 rings (SSSR count). The lowest BCUT2D eigenvalue weighted by Gasteiger charge is -2.44. The number of alkyl halides is 12. The van der Waals surface area contributed by atoms with E-state index in [-0.39, 0.29) is 0 Å². The van der Waals surface area contributed by atoms with Gasteiger partial charge < -0.3 is 14.6 Å². The molecule has 1 saturated heterocycles. The highest BCUT2D eigenvalue weighted by Crippen LogP contribution is 2.64. The monoisotopic (exact) mass is 474 g/mol. The van der Waals surface area contributed by atoms with Gasteiger partial charge in [0.15, 0.2) is 0 Å². The summed E-state index contributed by atoms with van der Waals surface area (Å²) in [6.45, 7) is -0.327. The molecule has 0 amide bonds. The lowest BCUT2D eigenvalue weighted by Crippen LogP contribution is -2.75. The quantitative estimate of drug-likeness (QED) is 0.473. The highest BCUT2D eigenvalue weighted by atomic mass is 19.4. The summed E-state index contributed by atoms with van der Waals surface area (Å²) in [4.78, 5) is 12.0. The van der Waals surface area contributed by atoms with Crippen LogP contribution in [0.15, 0.2) is 0 Å². The molecule has 0 radical (unpaired) electrons.